The van der Waals surface area contributed by atoms with E-state index in [9.17, 15) is 9.59 Å². The Morgan fingerprint density at radius 1 is 1.08 bits per heavy atom. The minimum Gasteiger partial charge on any atom is -0.434 e. The molecule has 0 aliphatic rings. The maximum absolute atomic E-state index is 11.6. The van der Waals surface area contributed by atoms with Crippen molar-refractivity contribution in [3.05, 3.63) is 65.5 Å². The van der Waals surface area contributed by atoms with E-state index in [4.69, 9.17) is 0 Å². The third-order valence-corrected chi connectivity index (χ3v) is 3.49. The van der Waals surface area contributed by atoms with Crippen molar-refractivity contribution in [3.8, 4) is 0 Å². The lowest BCUT2D eigenvalue weighted by atomic mass is 10.2. The summed E-state index contributed by atoms with van der Waals surface area (Å²) in [5, 5.41) is 0. The quantitative estimate of drug-likeness (QED) is 0.460. The third-order valence-electron chi connectivity index (χ3n) is 3.49. The second kappa shape index (κ2) is 8.72. The fourth-order valence-corrected chi connectivity index (χ4v) is 2.36. The van der Waals surface area contributed by atoms with Gasteiger partial charge in [-0.15, -0.1) is 0 Å². The molecule has 0 aliphatic heterocycles. The molecule has 0 saturated heterocycles. The average Bonchev–Trinajstić information content (AvgIpc) is 2.96. The molecule has 1 aromatic heterocycles. The lowest BCUT2D eigenvalue weighted by Crippen LogP contribution is -2.11. The first-order chi connectivity index (χ1) is 11.6. The van der Waals surface area contributed by atoms with Crippen molar-refractivity contribution in [1.82, 2.24) is 4.57 Å². The number of rotatable bonds is 6. The molecule has 0 fully saturated rings. The van der Waals surface area contributed by atoms with Gasteiger partial charge in [-0.1, -0.05) is 37.3 Å². The van der Waals surface area contributed by atoms with Gasteiger partial charge >= 0.3 is 12.1 Å². The van der Waals surface area contributed by atoms with Gasteiger partial charge in [-0.2, -0.15) is 0 Å². The molecule has 2 rings (SSSR count). The van der Waals surface area contributed by atoms with Crippen LogP contribution in [0.4, 0.5) is 4.79 Å². The van der Waals surface area contributed by atoms with Crippen LogP contribution in [0, 0.1) is 0 Å². The molecule has 0 spiro atoms. The molecule has 0 unspecified atom stereocenters. The van der Waals surface area contributed by atoms with Gasteiger partial charge in [0.1, 0.15) is 0 Å². The van der Waals surface area contributed by atoms with Gasteiger partial charge in [0.25, 0.3) is 0 Å². The highest BCUT2D eigenvalue weighted by Crippen LogP contribution is 2.15. The summed E-state index contributed by atoms with van der Waals surface area (Å²) in [4.78, 5) is 22.7. The van der Waals surface area contributed by atoms with Gasteiger partial charge in [-0.05, 0) is 37.1 Å². The molecule has 24 heavy (non-hydrogen) atoms. The van der Waals surface area contributed by atoms with E-state index in [1.54, 1.807) is 13.0 Å². The third kappa shape index (κ3) is 4.84. The van der Waals surface area contributed by atoms with Crippen molar-refractivity contribution in [2.75, 3.05) is 6.61 Å². The number of esters is 1. The maximum atomic E-state index is 11.6. The number of benzene rings is 1. The summed E-state index contributed by atoms with van der Waals surface area (Å²) in [6.07, 6.45) is 2.77. The van der Waals surface area contributed by atoms with Crippen LogP contribution in [-0.2, 0) is 27.2 Å². The molecule has 1 aromatic carbocycles. The van der Waals surface area contributed by atoms with Crippen LogP contribution in [0.1, 0.15) is 30.8 Å². The maximum Gasteiger partial charge on any atom is 0.516 e. The Balaban J connectivity index is 2.13. The van der Waals surface area contributed by atoms with Crippen LogP contribution in [0.2, 0.25) is 0 Å². The zero-order valence-electron chi connectivity index (χ0n) is 13.9. The Morgan fingerprint density at radius 3 is 2.50 bits per heavy atom. The molecular formula is C19H21NO4. The number of hydrogen-bond donors (Lipinski definition) is 0. The zero-order chi connectivity index (χ0) is 17.4. The highest BCUT2D eigenvalue weighted by atomic mass is 16.7. The number of ether oxygens (including phenoxy) is 2. The van der Waals surface area contributed by atoms with E-state index in [0.717, 1.165) is 17.8 Å². The first-order valence-electron chi connectivity index (χ1n) is 7.93. The van der Waals surface area contributed by atoms with Crippen LogP contribution >= 0.6 is 0 Å². The van der Waals surface area contributed by atoms with Crippen LogP contribution in [0.25, 0.3) is 6.08 Å². The monoisotopic (exact) mass is 327 g/mol. The Hall–Kier alpha value is -2.82. The summed E-state index contributed by atoms with van der Waals surface area (Å²) in [6.45, 7) is 4.60. The lowest BCUT2D eigenvalue weighted by molar-refractivity contribution is -0.134. The van der Waals surface area contributed by atoms with E-state index in [-0.39, 0.29) is 6.61 Å². The summed E-state index contributed by atoms with van der Waals surface area (Å²) in [6, 6.07) is 14.1. The van der Waals surface area contributed by atoms with E-state index in [1.807, 2.05) is 30.3 Å². The predicted octanol–water partition coefficient (Wildman–Crippen LogP) is 3.81. The second-order valence-corrected chi connectivity index (χ2v) is 5.11. The topological polar surface area (TPSA) is 57.5 Å². The van der Waals surface area contributed by atoms with Gasteiger partial charge in [0.2, 0.25) is 0 Å². The smallest absolute Gasteiger partial charge is 0.434 e. The van der Waals surface area contributed by atoms with E-state index in [0.29, 0.717) is 6.54 Å². The van der Waals surface area contributed by atoms with Crippen LogP contribution in [0.5, 0.6) is 0 Å². The molecule has 0 N–H and O–H groups in total. The van der Waals surface area contributed by atoms with Crippen LogP contribution in [0.3, 0.4) is 0 Å². The predicted molar refractivity (Wildman–Crippen MR) is 91.5 cm³/mol. The van der Waals surface area contributed by atoms with Crippen molar-refractivity contribution in [1.29, 1.82) is 0 Å². The summed E-state index contributed by atoms with van der Waals surface area (Å²) in [5.74, 6) is -0.751. The van der Waals surface area contributed by atoms with Gasteiger partial charge in [-0.3, -0.25) is 0 Å². The van der Waals surface area contributed by atoms with Crippen LogP contribution < -0.4 is 0 Å². The summed E-state index contributed by atoms with van der Waals surface area (Å²) >= 11 is 0. The average molecular weight is 327 g/mol. The van der Waals surface area contributed by atoms with Crippen molar-refractivity contribution in [2.45, 2.75) is 26.8 Å². The van der Waals surface area contributed by atoms with Gasteiger partial charge in [0, 0.05) is 24.0 Å². The Morgan fingerprint density at radius 2 is 1.83 bits per heavy atom. The van der Waals surface area contributed by atoms with Crippen LogP contribution in [0.15, 0.2) is 48.5 Å². The number of hydrogen-bond acceptors (Lipinski definition) is 4. The lowest BCUT2D eigenvalue weighted by Gasteiger charge is -2.11. The van der Waals surface area contributed by atoms with E-state index < -0.39 is 12.1 Å². The summed E-state index contributed by atoms with van der Waals surface area (Å²) in [5.41, 5.74) is 3.21. The Kier molecular flexibility index (Phi) is 6.37. The van der Waals surface area contributed by atoms with Crippen molar-refractivity contribution >= 4 is 18.2 Å². The molecule has 5 nitrogen and oxygen atoms in total. The zero-order valence-corrected chi connectivity index (χ0v) is 13.9. The second-order valence-electron chi connectivity index (χ2n) is 5.11. The largest absolute Gasteiger partial charge is 0.516 e. The molecule has 2 aromatic rings. The molecular weight excluding hydrogens is 306 g/mol. The van der Waals surface area contributed by atoms with E-state index in [1.165, 1.54) is 11.6 Å². The van der Waals surface area contributed by atoms with E-state index >= 15 is 0 Å². The fraction of sp³-hybridized carbons (Fsp3) is 0.263. The minimum absolute atomic E-state index is 0.162. The highest BCUT2D eigenvalue weighted by Gasteiger charge is 2.09. The molecule has 0 amide bonds. The van der Waals surface area contributed by atoms with Crippen molar-refractivity contribution in [2.24, 2.45) is 0 Å². The standard InChI is InChI=1S/C19H21NO4/c1-3-16-10-11-17(12-13-18(21)24-19(22)23-4-2)20(16)14-15-8-6-5-7-9-15/h5-13H,3-4,14H2,1-2H3/b13-12+. The molecule has 0 bridgehead atoms. The number of aromatic nitrogens is 1. The number of nitrogens with zero attached hydrogens (tertiary/aromatic N) is 1. The molecule has 0 saturated carbocycles. The molecule has 126 valence electrons. The van der Waals surface area contributed by atoms with Gasteiger partial charge < -0.3 is 14.0 Å². The molecule has 0 aliphatic carbocycles. The van der Waals surface area contributed by atoms with Crippen LogP contribution in [-0.4, -0.2) is 23.3 Å². The summed E-state index contributed by atoms with van der Waals surface area (Å²) < 4.78 is 11.2. The molecule has 0 radical (unpaired) electrons. The minimum atomic E-state index is -0.985. The molecule has 5 heteroatoms. The van der Waals surface area contributed by atoms with Gasteiger partial charge in [0.05, 0.1) is 6.61 Å². The first kappa shape index (κ1) is 17.5. The number of carbonyl (C=O) groups is 2. The SMILES string of the molecule is CCOC(=O)OC(=O)/C=C/c1ccc(CC)n1Cc1ccccc1. The first-order valence-corrected chi connectivity index (χ1v) is 7.93. The Labute approximate surface area is 141 Å². The Bertz CT molecular complexity index is 716. The fourth-order valence-electron chi connectivity index (χ4n) is 2.36. The number of aryl methyl sites for hydroxylation is 1. The van der Waals surface area contributed by atoms with Gasteiger partial charge in [-0.25, -0.2) is 9.59 Å². The normalized spacial score (nSPS) is 10.8. The molecule has 0 atom stereocenters. The van der Waals surface area contributed by atoms with E-state index in [2.05, 4.69) is 33.1 Å². The molecule has 1 heterocycles. The number of carbonyl (C=O) groups excluding carboxylic acids is 2. The van der Waals surface area contributed by atoms with Crippen molar-refractivity contribution in [3.63, 3.8) is 0 Å². The summed E-state index contributed by atoms with van der Waals surface area (Å²) in [7, 11) is 0. The van der Waals surface area contributed by atoms with Crippen molar-refractivity contribution < 1.29 is 19.1 Å². The highest BCUT2D eigenvalue weighted by molar-refractivity contribution is 5.92. The van der Waals surface area contributed by atoms with Gasteiger partial charge in [0.15, 0.2) is 0 Å².